The maximum absolute atomic E-state index is 13.2. The molecule has 0 aliphatic heterocycles. The first-order chi connectivity index (χ1) is 14.7. The molecule has 1 aliphatic rings. The quantitative estimate of drug-likeness (QED) is 0.655. The molecule has 3 aromatic heterocycles. The van der Waals surface area contributed by atoms with E-state index in [2.05, 4.69) is 15.3 Å². The van der Waals surface area contributed by atoms with E-state index in [1.54, 1.807) is 25.4 Å². The SMILES string of the molecule is CC[C@@H](O)c1cc(C)c(-c2cc3cnc(NC(=O)C4C[C@@H]4F)cc3n(C)c2=O)c(C)n1. The molecule has 3 atom stereocenters. The van der Waals surface area contributed by atoms with Gasteiger partial charge in [0.1, 0.15) is 12.0 Å². The van der Waals surface area contributed by atoms with Gasteiger partial charge in [-0.2, -0.15) is 0 Å². The number of amides is 1. The highest BCUT2D eigenvalue weighted by Crippen LogP contribution is 2.35. The molecule has 1 fully saturated rings. The lowest BCUT2D eigenvalue weighted by atomic mass is 9.97. The van der Waals surface area contributed by atoms with E-state index in [0.29, 0.717) is 28.9 Å². The van der Waals surface area contributed by atoms with Gasteiger partial charge in [-0.1, -0.05) is 6.92 Å². The van der Waals surface area contributed by atoms with Crippen LogP contribution in [0.3, 0.4) is 0 Å². The van der Waals surface area contributed by atoms with E-state index in [0.717, 1.165) is 16.5 Å². The minimum absolute atomic E-state index is 0.209. The van der Waals surface area contributed by atoms with Gasteiger partial charge in [-0.15, -0.1) is 0 Å². The normalized spacial score (nSPS) is 18.8. The van der Waals surface area contributed by atoms with Crippen LogP contribution >= 0.6 is 0 Å². The van der Waals surface area contributed by atoms with E-state index in [4.69, 9.17) is 0 Å². The minimum Gasteiger partial charge on any atom is -0.387 e. The molecule has 3 aromatic rings. The summed E-state index contributed by atoms with van der Waals surface area (Å²) in [6.45, 7) is 5.60. The number of carbonyl (C=O) groups is 1. The van der Waals surface area contributed by atoms with Crippen molar-refractivity contribution in [2.75, 3.05) is 5.32 Å². The zero-order valence-electron chi connectivity index (χ0n) is 17.9. The lowest BCUT2D eigenvalue weighted by Gasteiger charge is -2.16. The summed E-state index contributed by atoms with van der Waals surface area (Å²) in [5.41, 5.74) is 3.73. The number of fused-ring (bicyclic) bond motifs is 1. The number of carbonyl (C=O) groups excluding carboxylic acids is 1. The first-order valence-electron chi connectivity index (χ1n) is 10.3. The van der Waals surface area contributed by atoms with Crippen molar-refractivity contribution in [1.82, 2.24) is 14.5 Å². The highest BCUT2D eigenvalue weighted by molar-refractivity contribution is 5.96. The van der Waals surface area contributed by atoms with E-state index >= 15 is 0 Å². The summed E-state index contributed by atoms with van der Waals surface area (Å²) < 4.78 is 14.6. The van der Waals surface area contributed by atoms with Crippen LogP contribution in [0.5, 0.6) is 0 Å². The first-order valence-corrected chi connectivity index (χ1v) is 10.3. The van der Waals surface area contributed by atoms with Gasteiger partial charge in [0.05, 0.1) is 23.2 Å². The molecule has 0 spiro atoms. The zero-order chi connectivity index (χ0) is 22.4. The number of hydrogen-bond donors (Lipinski definition) is 2. The molecule has 1 aliphatic carbocycles. The van der Waals surface area contributed by atoms with Gasteiger partial charge in [-0.05, 0) is 44.4 Å². The molecule has 1 unspecified atom stereocenters. The number of halogens is 1. The van der Waals surface area contributed by atoms with Gasteiger partial charge in [0, 0.05) is 41.5 Å². The van der Waals surface area contributed by atoms with E-state index in [1.807, 2.05) is 26.8 Å². The second-order valence-electron chi connectivity index (χ2n) is 8.15. The summed E-state index contributed by atoms with van der Waals surface area (Å²) in [7, 11) is 1.66. The topological polar surface area (TPSA) is 97.1 Å². The Balaban J connectivity index is 1.77. The molecule has 0 aromatic carbocycles. The van der Waals surface area contributed by atoms with Gasteiger partial charge in [-0.25, -0.2) is 9.37 Å². The number of aryl methyl sites for hydroxylation is 3. The van der Waals surface area contributed by atoms with Crippen molar-refractivity contribution in [2.24, 2.45) is 13.0 Å². The highest BCUT2D eigenvalue weighted by Gasteiger charge is 2.43. The van der Waals surface area contributed by atoms with Gasteiger partial charge in [0.15, 0.2) is 0 Å². The fraction of sp³-hybridized carbons (Fsp3) is 0.391. The Morgan fingerprint density at radius 1 is 1.35 bits per heavy atom. The number of aliphatic hydroxyl groups excluding tert-OH is 1. The molecule has 1 amide bonds. The maximum Gasteiger partial charge on any atom is 0.258 e. The third-order valence-corrected chi connectivity index (χ3v) is 5.82. The van der Waals surface area contributed by atoms with E-state index in [1.165, 1.54) is 4.57 Å². The van der Waals surface area contributed by atoms with Gasteiger partial charge >= 0.3 is 0 Å². The van der Waals surface area contributed by atoms with Gasteiger partial charge in [0.2, 0.25) is 5.91 Å². The summed E-state index contributed by atoms with van der Waals surface area (Å²) in [6.07, 6.45) is 0.646. The van der Waals surface area contributed by atoms with Crippen LogP contribution in [-0.4, -0.2) is 31.7 Å². The highest BCUT2D eigenvalue weighted by atomic mass is 19.1. The minimum atomic E-state index is -1.09. The molecular weight excluding hydrogens is 399 g/mol. The maximum atomic E-state index is 13.2. The van der Waals surface area contributed by atoms with Crippen molar-refractivity contribution in [3.63, 3.8) is 0 Å². The predicted octanol–water partition coefficient (Wildman–Crippen LogP) is 3.35. The van der Waals surface area contributed by atoms with E-state index < -0.39 is 24.1 Å². The number of hydrogen-bond acceptors (Lipinski definition) is 5. The van der Waals surface area contributed by atoms with Crippen LogP contribution in [0.2, 0.25) is 0 Å². The summed E-state index contributed by atoms with van der Waals surface area (Å²) in [6, 6.07) is 5.20. The summed E-state index contributed by atoms with van der Waals surface area (Å²) >= 11 is 0. The van der Waals surface area contributed by atoms with Crippen LogP contribution in [0.15, 0.2) is 29.2 Å². The lowest BCUT2D eigenvalue weighted by molar-refractivity contribution is -0.117. The number of anilines is 1. The molecule has 3 heterocycles. The molecule has 8 heteroatoms. The zero-order valence-corrected chi connectivity index (χ0v) is 17.9. The molecule has 31 heavy (non-hydrogen) atoms. The van der Waals surface area contributed by atoms with E-state index in [-0.39, 0.29) is 17.8 Å². The predicted molar refractivity (Wildman–Crippen MR) is 117 cm³/mol. The number of alkyl halides is 1. The largest absolute Gasteiger partial charge is 0.387 e. The fourth-order valence-corrected chi connectivity index (χ4v) is 3.91. The van der Waals surface area contributed by atoms with Crippen LogP contribution in [0.1, 0.15) is 42.8 Å². The number of aliphatic hydroxyl groups is 1. The monoisotopic (exact) mass is 424 g/mol. The summed E-state index contributed by atoms with van der Waals surface area (Å²) in [4.78, 5) is 34.0. The van der Waals surface area contributed by atoms with Gasteiger partial charge < -0.3 is 15.0 Å². The first kappa shape index (κ1) is 21.1. The molecule has 162 valence electrons. The molecule has 7 nitrogen and oxygen atoms in total. The van der Waals surface area contributed by atoms with Crippen molar-refractivity contribution in [3.05, 3.63) is 51.7 Å². The van der Waals surface area contributed by atoms with Crippen LogP contribution in [0.4, 0.5) is 10.2 Å². The van der Waals surface area contributed by atoms with Crippen LogP contribution < -0.4 is 10.9 Å². The molecule has 0 radical (unpaired) electrons. The lowest BCUT2D eigenvalue weighted by Crippen LogP contribution is -2.21. The van der Waals surface area contributed by atoms with Crippen LogP contribution in [0.25, 0.3) is 22.0 Å². The smallest absolute Gasteiger partial charge is 0.258 e. The third-order valence-electron chi connectivity index (χ3n) is 5.82. The van der Waals surface area contributed by atoms with Crippen molar-refractivity contribution in [2.45, 2.75) is 45.9 Å². The molecule has 0 saturated heterocycles. The number of aromatic nitrogens is 3. The Bertz CT molecular complexity index is 1230. The number of pyridine rings is 3. The number of nitrogens with zero attached hydrogens (tertiary/aromatic N) is 3. The molecule has 0 bridgehead atoms. The molecule has 4 rings (SSSR count). The van der Waals surface area contributed by atoms with Gasteiger partial charge in [0.25, 0.3) is 5.56 Å². The standard InChI is InChI=1S/C23H25FN4O3/c1-5-19(29)17-6-11(2)21(12(3)26-17)15-7-13-10-25-20(9-18(13)28(4)23(15)31)27-22(30)14-8-16(14)24/h6-7,9-10,14,16,19,29H,5,8H2,1-4H3,(H,25,27,30)/t14?,16-,19+/m0/s1. The molecule has 1 saturated carbocycles. The second kappa shape index (κ2) is 7.85. The number of rotatable bonds is 5. The summed E-state index contributed by atoms with van der Waals surface area (Å²) in [5, 5.41) is 13.5. The van der Waals surface area contributed by atoms with Crippen LogP contribution in [-0.2, 0) is 11.8 Å². The Kier molecular flexibility index (Phi) is 5.35. The fourth-order valence-electron chi connectivity index (χ4n) is 3.91. The number of nitrogens with one attached hydrogen (secondary N) is 1. The Morgan fingerprint density at radius 3 is 2.68 bits per heavy atom. The second-order valence-corrected chi connectivity index (χ2v) is 8.15. The van der Waals surface area contributed by atoms with Crippen molar-refractivity contribution in [1.29, 1.82) is 0 Å². The Labute approximate surface area is 179 Å². The van der Waals surface area contributed by atoms with Crippen molar-refractivity contribution >= 4 is 22.6 Å². The average molecular weight is 424 g/mol. The molecule has 2 N–H and O–H groups in total. The van der Waals surface area contributed by atoms with Crippen LogP contribution in [0, 0.1) is 19.8 Å². The average Bonchev–Trinajstić information content (AvgIpc) is 3.47. The van der Waals surface area contributed by atoms with Crippen molar-refractivity contribution < 1.29 is 14.3 Å². The Morgan fingerprint density at radius 2 is 2.06 bits per heavy atom. The third kappa shape index (κ3) is 3.83. The molecular formula is C23H25FN4O3. The van der Waals surface area contributed by atoms with E-state index in [9.17, 15) is 19.1 Å². The van der Waals surface area contributed by atoms with Gasteiger partial charge in [-0.3, -0.25) is 14.6 Å². The Hall–Kier alpha value is -3.13. The van der Waals surface area contributed by atoms with Crippen molar-refractivity contribution in [3.8, 4) is 11.1 Å². The summed E-state index contributed by atoms with van der Waals surface area (Å²) in [5.74, 6) is -0.727.